The van der Waals surface area contributed by atoms with E-state index in [1.54, 1.807) is 7.11 Å². The van der Waals surface area contributed by atoms with Crippen LogP contribution in [0.15, 0.2) is 36.4 Å². The average Bonchev–Trinajstić information content (AvgIpc) is 2.90. The summed E-state index contributed by atoms with van der Waals surface area (Å²) >= 11 is 0. The van der Waals surface area contributed by atoms with E-state index in [1.165, 1.54) is 0 Å². The van der Waals surface area contributed by atoms with Crippen molar-refractivity contribution in [2.24, 2.45) is 5.92 Å². The summed E-state index contributed by atoms with van der Waals surface area (Å²) in [7, 11) is 1.59. The van der Waals surface area contributed by atoms with Crippen molar-refractivity contribution in [3.63, 3.8) is 0 Å². The molecule has 1 fully saturated rings. The number of carbonyl (C=O) groups excluding carboxylic acids is 2. The Labute approximate surface area is 205 Å². The lowest BCUT2D eigenvalue weighted by Gasteiger charge is -2.40. The largest absolute Gasteiger partial charge is 0.494 e. The van der Waals surface area contributed by atoms with E-state index in [0.29, 0.717) is 44.0 Å². The summed E-state index contributed by atoms with van der Waals surface area (Å²) < 4.78 is 17.5. The van der Waals surface area contributed by atoms with Gasteiger partial charge in [-0.2, -0.15) is 0 Å². The Morgan fingerprint density at radius 2 is 1.97 bits per heavy atom. The molecule has 6 rings (SSSR count). The van der Waals surface area contributed by atoms with E-state index in [9.17, 15) is 9.59 Å². The van der Waals surface area contributed by atoms with Crippen molar-refractivity contribution in [3.8, 4) is 17.2 Å². The summed E-state index contributed by atoms with van der Waals surface area (Å²) in [5.41, 5.74) is 3.14. The van der Waals surface area contributed by atoms with Crippen LogP contribution < -0.4 is 24.8 Å². The van der Waals surface area contributed by atoms with Crippen molar-refractivity contribution >= 4 is 11.8 Å². The minimum absolute atomic E-state index is 0.0283. The Balaban J connectivity index is 1.59. The maximum atomic E-state index is 13.8. The van der Waals surface area contributed by atoms with Gasteiger partial charge in [-0.15, -0.1) is 0 Å². The summed E-state index contributed by atoms with van der Waals surface area (Å²) in [5.74, 6) is 1.91. The summed E-state index contributed by atoms with van der Waals surface area (Å²) in [4.78, 5) is 28.1. The maximum Gasteiger partial charge on any atom is 0.257 e. The second-order valence-electron chi connectivity index (χ2n) is 9.32. The first-order valence-electron chi connectivity index (χ1n) is 12.5. The molecule has 186 valence electrons. The van der Waals surface area contributed by atoms with E-state index in [-0.39, 0.29) is 30.4 Å². The lowest BCUT2D eigenvalue weighted by molar-refractivity contribution is -0.138. The molecule has 1 unspecified atom stereocenters. The minimum Gasteiger partial charge on any atom is -0.494 e. The first-order chi connectivity index (χ1) is 17.1. The minimum atomic E-state index is -0.246. The van der Waals surface area contributed by atoms with Crippen LogP contribution in [0.4, 0.5) is 0 Å². The molecule has 0 aromatic heterocycles. The van der Waals surface area contributed by atoms with Crippen molar-refractivity contribution < 1.29 is 23.8 Å². The van der Waals surface area contributed by atoms with Gasteiger partial charge in [-0.1, -0.05) is 12.1 Å². The zero-order chi connectivity index (χ0) is 24.2. The number of piperidine rings is 1. The molecule has 1 saturated heterocycles. The predicted molar refractivity (Wildman–Crippen MR) is 131 cm³/mol. The number of hydrogen-bond acceptors (Lipinski definition) is 6. The first-order valence-corrected chi connectivity index (χ1v) is 12.5. The van der Waals surface area contributed by atoms with Crippen LogP contribution in [-0.4, -0.2) is 63.2 Å². The second kappa shape index (κ2) is 10.6. The molecule has 4 aliphatic heterocycles. The molecule has 6 bridgehead atoms. The van der Waals surface area contributed by atoms with E-state index in [2.05, 4.69) is 16.7 Å². The van der Waals surface area contributed by atoms with Crippen LogP contribution in [0.1, 0.15) is 42.0 Å². The Bertz CT molecular complexity index is 1080. The number of benzene rings is 2. The Morgan fingerprint density at radius 1 is 1.11 bits per heavy atom. The fourth-order valence-corrected chi connectivity index (χ4v) is 5.26. The van der Waals surface area contributed by atoms with Gasteiger partial charge >= 0.3 is 0 Å². The summed E-state index contributed by atoms with van der Waals surface area (Å²) in [6.07, 6.45) is 3.11. The van der Waals surface area contributed by atoms with Crippen molar-refractivity contribution in [2.45, 2.75) is 31.7 Å². The number of rotatable bonds is 2. The van der Waals surface area contributed by atoms with Gasteiger partial charge in [0.15, 0.2) is 18.1 Å². The Morgan fingerprint density at radius 3 is 2.80 bits per heavy atom. The molecule has 0 spiro atoms. The normalized spacial score (nSPS) is 21.0. The molecule has 8 heteroatoms. The average molecular weight is 480 g/mol. The fourth-order valence-electron chi connectivity index (χ4n) is 5.26. The molecule has 0 radical (unpaired) electrons. The van der Waals surface area contributed by atoms with Crippen LogP contribution in [0.5, 0.6) is 17.2 Å². The van der Waals surface area contributed by atoms with Crippen LogP contribution >= 0.6 is 0 Å². The van der Waals surface area contributed by atoms with Crippen molar-refractivity contribution in [3.05, 3.63) is 53.1 Å². The molecule has 35 heavy (non-hydrogen) atoms. The Hall–Kier alpha value is -3.26. The van der Waals surface area contributed by atoms with Gasteiger partial charge in [0, 0.05) is 19.0 Å². The molecule has 2 aromatic carbocycles. The van der Waals surface area contributed by atoms with E-state index in [1.807, 2.05) is 35.2 Å². The van der Waals surface area contributed by atoms with Crippen molar-refractivity contribution in [2.75, 3.05) is 46.5 Å². The quantitative estimate of drug-likeness (QED) is 0.688. The third-order valence-corrected chi connectivity index (χ3v) is 7.07. The van der Waals surface area contributed by atoms with Crippen LogP contribution in [0, 0.1) is 5.92 Å². The van der Waals surface area contributed by atoms with E-state index in [0.717, 1.165) is 48.4 Å². The van der Waals surface area contributed by atoms with Gasteiger partial charge < -0.3 is 29.7 Å². The summed E-state index contributed by atoms with van der Waals surface area (Å²) in [5, 5.41) is 6.22. The number of nitrogens with zero attached hydrogens (tertiary/aromatic N) is 1. The predicted octanol–water partition coefficient (Wildman–Crippen LogP) is 2.45. The van der Waals surface area contributed by atoms with Gasteiger partial charge in [0.1, 0.15) is 5.75 Å². The van der Waals surface area contributed by atoms with Crippen LogP contribution in [0.2, 0.25) is 0 Å². The standard InChI is InChI=1S/C27H33N3O5/c1-33-23-16-22-19-8-12-30(27(32)18-6-10-28-11-7-18)26(22)20-4-2-5-21(14-20)34-13-3-9-29-25(31)17-35-24(23)15-19/h2,4-5,14-16,18,26,28H,3,6-13,17H2,1H3,(H,29,31). The molecular formula is C27H33N3O5. The lowest BCUT2D eigenvalue weighted by Crippen LogP contribution is -2.46. The second-order valence-corrected chi connectivity index (χ2v) is 9.32. The third-order valence-electron chi connectivity index (χ3n) is 7.07. The van der Waals surface area contributed by atoms with E-state index < -0.39 is 0 Å². The highest BCUT2D eigenvalue weighted by Gasteiger charge is 2.36. The Kier molecular flexibility index (Phi) is 7.08. The molecule has 1 atom stereocenters. The SMILES string of the molecule is COc1cc2c3cc1OCC(=O)NCCCOc1cccc(c1)C2N(C(=O)C1CCNCC1)CC3. The molecule has 4 aliphatic rings. The summed E-state index contributed by atoms with van der Waals surface area (Å²) in [6, 6.07) is 11.7. The molecule has 2 N–H and O–H groups in total. The number of ether oxygens (including phenoxy) is 3. The monoisotopic (exact) mass is 479 g/mol. The van der Waals surface area contributed by atoms with Crippen LogP contribution in [0.25, 0.3) is 0 Å². The van der Waals surface area contributed by atoms with E-state index >= 15 is 0 Å². The topological polar surface area (TPSA) is 89.1 Å². The number of amides is 2. The molecule has 2 aromatic rings. The molecule has 0 saturated carbocycles. The van der Waals surface area contributed by atoms with Gasteiger partial charge in [-0.3, -0.25) is 9.59 Å². The number of hydrogen-bond donors (Lipinski definition) is 2. The van der Waals surface area contributed by atoms with Gasteiger partial charge in [0.25, 0.3) is 5.91 Å². The zero-order valence-electron chi connectivity index (χ0n) is 20.2. The van der Waals surface area contributed by atoms with Gasteiger partial charge in [0.2, 0.25) is 5.91 Å². The van der Waals surface area contributed by atoms with Gasteiger partial charge in [-0.05, 0) is 79.7 Å². The zero-order valence-corrected chi connectivity index (χ0v) is 20.2. The van der Waals surface area contributed by atoms with Crippen LogP contribution in [-0.2, 0) is 16.0 Å². The molecule has 4 heterocycles. The smallest absolute Gasteiger partial charge is 0.257 e. The van der Waals surface area contributed by atoms with Gasteiger partial charge in [-0.25, -0.2) is 0 Å². The number of methoxy groups -OCH3 is 1. The number of carbonyl (C=O) groups is 2. The summed E-state index contributed by atoms with van der Waals surface area (Å²) in [6.45, 7) is 3.27. The third kappa shape index (κ3) is 5.07. The molecule has 8 nitrogen and oxygen atoms in total. The number of fused-ring (bicyclic) bond motifs is 8. The molecular weight excluding hydrogens is 446 g/mol. The first kappa shape index (κ1) is 23.5. The van der Waals surface area contributed by atoms with Gasteiger partial charge in [0.05, 0.1) is 19.8 Å². The fraction of sp³-hybridized carbons (Fsp3) is 0.481. The van der Waals surface area contributed by atoms with Crippen LogP contribution in [0.3, 0.4) is 0 Å². The highest BCUT2D eigenvalue weighted by atomic mass is 16.5. The molecule has 0 aliphatic carbocycles. The highest BCUT2D eigenvalue weighted by Crippen LogP contribution is 2.42. The van der Waals surface area contributed by atoms with Crippen molar-refractivity contribution in [1.82, 2.24) is 15.5 Å². The van der Waals surface area contributed by atoms with E-state index in [4.69, 9.17) is 14.2 Å². The highest BCUT2D eigenvalue weighted by molar-refractivity contribution is 5.81. The lowest BCUT2D eigenvalue weighted by atomic mass is 9.85. The number of nitrogens with one attached hydrogen (secondary N) is 2. The molecule has 2 amide bonds. The van der Waals surface area contributed by atoms with Crippen molar-refractivity contribution in [1.29, 1.82) is 0 Å². The maximum absolute atomic E-state index is 13.8.